The van der Waals surface area contributed by atoms with E-state index < -0.39 is 11.6 Å². The highest BCUT2D eigenvalue weighted by molar-refractivity contribution is 5.76. The van der Waals surface area contributed by atoms with Crippen LogP contribution in [0.15, 0.2) is 57.7 Å². The Bertz CT molecular complexity index is 964. The zero-order chi connectivity index (χ0) is 19.1. The molecule has 1 heterocycles. The topological polar surface area (TPSA) is 73.5 Å². The summed E-state index contributed by atoms with van der Waals surface area (Å²) in [6.07, 6.45) is 1.41. The molecule has 0 saturated carbocycles. The molecule has 1 amide bonds. The summed E-state index contributed by atoms with van der Waals surface area (Å²) in [5.41, 5.74) is 1.27. The molecule has 2 aromatic carbocycles. The fourth-order valence-electron chi connectivity index (χ4n) is 2.76. The number of aryl methyl sites for hydroxylation is 1. The monoisotopic (exact) mass is 372 g/mol. The molecule has 142 valence electrons. The van der Waals surface area contributed by atoms with Crippen LogP contribution in [-0.4, -0.2) is 23.6 Å². The fraction of sp³-hybridized carbons (Fsp3) is 0.300. The van der Waals surface area contributed by atoms with Crippen molar-refractivity contribution in [3.63, 3.8) is 0 Å². The molecular weight excluding hydrogens is 351 g/mol. The molecule has 0 saturated heterocycles. The third-order valence-electron chi connectivity index (χ3n) is 4.10. The maximum atomic E-state index is 13.4. The smallest absolute Gasteiger partial charge is 0.419 e. The van der Waals surface area contributed by atoms with Crippen LogP contribution in [0.4, 0.5) is 4.39 Å². The fourth-order valence-corrected chi connectivity index (χ4v) is 2.76. The summed E-state index contributed by atoms with van der Waals surface area (Å²) in [5.74, 6) is -0.700. The second-order valence-corrected chi connectivity index (χ2v) is 6.07. The van der Waals surface area contributed by atoms with Crippen molar-refractivity contribution < 1.29 is 18.3 Å². The predicted octanol–water partition coefficient (Wildman–Crippen LogP) is 3.10. The lowest BCUT2D eigenvalue weighted by molar-refractivity contribution is -0.121. The van der Waals surface area contributed by atoms with E-state index in [0.717, 1.165) is 5.52 Å². The molecular formula is C20H21FN2O4. The third-order valence-corrected chi connectivity index (χ3v) is 4.10. The van der Waals surface area contributed by atoms with Crippen LogP contribution in [-0.2, 0) is 11.3 Å². The summed E-state index contributed by atoms with van der Waals surface area (Å²) in [5, 5.41) is 2.79. The van der Waals surface area contributed by atoms with Crippen LogP contribution in [0, 0.1) is 5.82 Å². The molecule has 0 atom stereocenters. The quantitative estimate of drug-likeness (QED) is 0.586. The summed E-state index contributed by atoms with van der Waals surface area (Å²) in [4.78, 5) is 23.7. The van der Waals surface area contributed by atoms with Gasteiger partial charge in [-0.1, -0.05) is 24.3 Å². The summed E-state index contributed by atoms with van der Waals surface area (Å²) < 4.78 is 25.4. The van der Waals surface area contributed by atoms with Gasteiger partial charge in [0.25, 0.3) is 0 Å². The number of aromatic nitrogens is 1. The number of nitrogens with zero attached hydrogens (tertiary/aromatic N) is 1. The first-order valence-corrected chi connectivity index (χ1v) is 8.87. The number of hydrogen-bond acceptors (Lipinski definition) is 4. The van der Waals surface area contributed by atoms with Gasteiger partial charge in [-0.25, -0.2) is 9.18 Å². The van der Waals surface area contributed by atoms with E-state index in [9.17, 15) is 14.0 Å². The van der Waals surface area contributed by atoms with Crippen LogP contribution in [0.3, 0.4) is 0 Å². The van der Waals surface area contributed by atoms with Gasteiger partial charge in [0.2, 0.25) is 5.91 Å². The Morgan fingerprint density at radius 3 is 2.74 bits per heavy atom. The first kappa shape index (κ1) is 18.7. The van der Waals surface area contributed by atoms with Gasteiger partial charge in [-0.2, -0.15) is 0 Å². The summed E-state index contributed by atoms with van der Waals surface area (Å²) in [6.45, 7) is 1.18. The summed E-state index contributed by atoms with van der Waals surface area (Å²) in [6, 6.07) is 13.4. The number of para-hydroxylation sites is 3. The normalized spacial score (nSPS) is 10.9. The van der Waals surface area contributed by atoms with Gasteiger partial charge in [-0.15, -0.1) is 0 Å². The van der Waals surface area contributed by atoms with Crippen molar-refractivity contribution in [1.29, 1.82) is 0 Å². The van der Waals surface area contributed by atoms with Crippen molar-refractivity contribution in [2.45, 2.75) is 25.8 Å². The average molecular weight is 372 g/mol. The molecule has 27 heavy (non-hydrogen) atoms. The number of carbonyl (C=O) groups excluding carboxylic acids is 1. The van der Waals surface area contributed by atoms with Gasteiger partial charge in [0.05, 0.1) is 12.1 Å². The molecule has 0 aliphatic rings. The van der Waals surface area contributed by atoms with E-state index in [4.69, 9.17) is 9.15 Å². The molecule has 0 spiro atoms. The van der Waals surface area contributed by atoms with Crippen molar-refractivity contribution in [2.24, 2.45) is 0 Å². The number of oxazole rings is 1. The number of rotatable bonds is 9. The van der Waals surface area contributed by atoms with Crippen LogP contribution in [0.1, 0.15) is 19.3 Å². The molecule has 3 rings (SSSR count). The molecule has 0 aliphatic heterocycles. The van der Waals surface area contributed by atoms with Gasteiger partial charge in [0.15, 0.2) is 17.1 Å². The van der Waals surface area contributed by atoms with Crippen molar-refractivity contribution >= 4 is 17.0 Å². The number of benzene rings is 2. The van der Waals surface area contributed by atoms with Gasteiger partial charge < -0.3 is 14.5 Å². The Balaban J connectivity index is 1.35. The Morgan fingerprint density at radius 2 is 1.89 bits per heavy atom. The SMILES string of the molecule is O=C(CCCn1c(=O)oc2ccccc21)NCCCOc1ccccc1F. The lowest BCUT2D eigenvalue weighted by atomic mass is 10.2. The first-order chi connectivity index (χ1) is 13.1. The highest BCUT2D eigenvalue weighted by atomic mass is 19.1. The molecule has 7 heteroatoms. The van der Waals surface area contributed by atoms with E-state index in [1.165, 1.54) is 10.6 Å². The highest BCUT2D eigenvalue weighted by Gasteiger charge is 2.09. The number of nitrogens with one attached hydrogen (secondary N) is 1. The van der Waals surface area contributed by atoms with Gasteiger partial charge in [0.1, 0.15) is 0 Å². The maximum absolute atomic E-state index is 13.4. The molecule has 0 radical (unpaired) electrons. The van der Waals surface area contributed by atoms with Crippen molar-refractivity contribution in [3.05, 3.63) is 64.9 Å². The number of ether oxygens (including phenoxy) is 1. The van der Waals surface area contributed by atoms with Crippen molar-refractivity contribution in [2.75, 3.05) is 13.2 Å². The Morgan fingerprint density at radius 1 is 1.11 bits per heavy atom. The van der Waals surface area contributed by atoms with E-state index in [1.54, 1.807) is 30.3 Å². The largest absolute Gasteiger partial charge is 0.490 e. The maximum Gasteiger partial charge on any atom is 0.419 e. The van der Waals surface area contributed by atoms with Crippen LogP contribution in [0.25, 0.3) is 11.1 Å². The minimum Gasteiger partial charge on any atom is -0.490 e. The van der Waals surface area contributed by atoms with Crippen LogP contribution >= 0.6 is 0 Å². The second kappa shape index (κ2) is 9.02. The molecule has 3 aromatic rings. The lowest BCUT2D eigenvalue weighted by Crippen LogP contribution is -2.26. The van der Waals surface area contributed by atoms with Crippen molar-refractivity contribution in [3.8, 4) is 5.75 Å². The van der Waals surface area contributed by atoms with E-state index >= 15 is 0 Å². The minimum atomic E-state index is -0.415. The number of amides is 1. The molecule has 0 fully saturated rings. The van der Waals surface area contributed by atoms with Crippen LogP contribution < -0.4 is 15.8 Å². The predicted molar refractivity (Wildman–Crippen MR) is 99.2 cm³/mol. The molecule has 0 aliphatic carbocycles. The second-order valence-electron chi connectivity index (χ2n) is 6.07. The van der Waals surface area contributed by atoms with E-state index in [0.29, 0.717) is 44.5 Å². The summed E-state index contributed by atoms with van der Waals surface area (Å²) >= 11 is 0. The first-order valence-electron chi connectivity index (χ1n) is 8.87. The van der Waals surface area contributed by atoms with Gasteiger partial charge >= 0.3 is 5.76 Å². The van der Waals surface area contributed by atoms with E-state index in [1.807, 2.05) is 12.1 Å². The van der Waals surface area contributed by atoms with Gasteiger partial charge in [-0.3, -0.25) is 9.36 Å². The Labute approximate surface area is 155 Å². The van der Waals surface area contributed by atoms with Crippen LogP contribution in [0.2, 0.25) is 0 Å². The average Bonchev–Trinajstić information content (AvgIpc) is 2.98. The zero-order valence-corrected chi connectivity index (χ0v) is 14.8. The highest BCUT2D eigenvalue weighted by Crippen LogP contribution is 2.15. The Hall–Kier alpha value is -3.09. The number of hydrogen-bond donors (Lipinski definition) is 1. The summed E-state index contributed by atoms with van der Waals surface area (Å²) in [7, 11) is 0. The van der Waals surface area contributed by atoms with E-state index in [2.05, 4.69) is 5.32 Å². The zero-order valence-electron chi connectivity index (χ0n) is 14.8. The number of carbonyl (C=O) groups is 1. The number of fused-ring (bicyclic) bond motifs is 1. The minimum absolute atomic E-state index is 0.0956. The van der Waals surface area contributed by atoms with Crippen LogP contribution in [0.5, 0.6) is 5.75 Å². The third kappa shape index (κ3) is 4.97. The lowest BCUT2D eigenvalue weighted by Gasteiger charge is -2.08. The van der Waals surface area contributed by atoms with Gasteiger partial charge in [0, 0.05) is 19.5 Å². The standard InChI is InChI=1S/C20H21FN2O4/c21-15-7-1-3-9-17(15)26-14-6-12-22-19(24)11-5-13-23-16-8-2-4-10-18(16)27-20(23)25/h1-4,7-10H,5-6,11-14H2,(H,22,24). The Kier molecular flexibility index (Phi) is 6.25. The molecule has 1 aromatic heterocycles. The molecule has 1 N–H and O–H groups in total. The van der Waals surface area contributed by atoms with E-state index in [-0.39, 0.29) is 11.7 Å². The molecule has 6 nitrogen and oxygen atoms in total. The van der Waals surface area contributed by atoms with Crippen molar-refractivity contribution in [1.82, 2.24) is 9.88 Å². The molecule has 0 bridgehead atoms. The van der Waals surface area contributed by atoms with Gasteiger partial charge in [-0.05, 0) is 37.1 Å². The molecule has 0 unspecified atom stereocenters. The number of halogens is 1.